The van der Waals surface area contributed by atoms with E-state index in [2.05, 4.69) is 0 Å². The van der Waals surface area contributed by atoms with Crippen LogP contribution in [0.5, 0.6) is 0 Å². The van der Waals surface area contributed by atoms with Gasteiger partial charge in [0, 0.05) is 20.8 Å². The summed E-state index contributed by atoms with van der Waals surface area (Å²) < 4.78 is 26.0. The van der Waals surface area contributed by atoms with E-state index in [4.69, 9.17) is 23.7 Å². The number of ether oxygens (including phenoxy) is 5. The van der Waals surface area contributed by atoms with Gasteiger partial charge in [0.2, 0.25) is 0 Å². The molecule has 16 heavy (non-hydrogen) atoms. The summed E-state index contributed by atoms with van der Waals surface area (Å²) >= 11 is 0. The third kappa shape index (κ3) is 10.3. The lowest BCUT2D eigenvalue weighted by atomic mass is 10.4. The molecule has 0 saturated heterocycles. The first-order valence-corrected chi connectivity index (χ1v) is 5.60. The van der Waals surface area contributed by atoms with Crippen LogP contribution in [-0.2, 0) is 23.7 Å². The maximum absolute atomic E-state index is 5.55. The van der Waals surface area contributed by atoms with Crippen molar-refractivity contribution >= 4 is 0 Å². The van der Waals surface area contributed by atoms with Crippen molar-refractivity contribution in [2.24, 2.45) is 0 Å². The van der Waals surface area contributed by atoms with Gasteiger partial charge in [0.05, 0.1) is 39.6 Å². The summed E-state index contributed by atoms with van der Waals surface area (Å²) in [6.45, 7) is 6.02. The van der Waals surface area contributed by atoms with Gasteiger partial charge in [-0.1, -0.05) is 0 Å². The largest absolute Gasteiger partial charge is 0.382 e. The highest BCUT2D eigenvalue weighted by Crippen LogP contribution is 1.96. The first kappa shape index (κ1) is 15.8. The van der Waals surface area contributed by atoms with Crippen LogP contribution in [0, 0.1) is 0 Å². The molecule has 0 aromatic carbocycles. The molecule has 0 aliphatic carbocycles. The molecule has 0 aromatic heterocycles. The summed E-state index contributed by atoms with van der Waals surface area (Å²) in [5.41, 5.74) is 0. The molecule has 1 unspecified atom stereocenters. The van der Waals surface area contributed by atoms with Gasteiger partial charge < -0.3 is 23.7 Å². The third-order valence-corrected chi connectivity index (χ3v) is 1.88. The molecule has 0 rings (SSSR count). The number of methoxy groups -OCH3 is 2. The summed E-state index contributed by atoms with van der Waals surface area (Å²) in [4.78, 5) is 0. The molecular weight excluding hydrogens is 212 g/mol. The van der Waals surface area contributed by atoms with Crippen molar-refractivity contribution in [1.82, 2.24) is 0 Å². The molecule has 1 atom stereocenters. The molecule has 0 saturated carbocycles. The van der Waals surface area contributed by atoms with E-state index in [1.807, 2.05) is 6.92 Å². The first-order valence-electron chi connectivity index (χ1n) is 5.60. The van der Waals surface area contributed by atoms with Crippen molar-refractivity contribution in [1.29, 1.82) is 0 Å². The molecule has 0 spiro atoms. The predicted octanol–water partition coefficient (Wildman–Crippen LogP) is 0.717. The fourth-order valence-electron chi connectivity index (χ4n) is 1.05. The standard InChI is InChI=1S/C11H24O5/c1-4-14-9-11(16-8-6-13-3)10-15-7-5-12-2/h11H,4-10H2,1-3H3. The zero-order chi connectivity index (χ0) is 12.1. The molecule has 98 valence electrons. The average Bonchev–Trinajstić information content (AvgIpc) is 2.31. The highest BCUT2D eigenvalue weighted by molar-refractivity contribution is 4.55. The molecule has 0 bridgehead atoms. The lowest BCUT2D eigenvalue weighted by molar-refractivity contribution is -0.0728. The molecule has 0 radical (unpaired) electrons. The van der Waals surface area contributed by atoms with Crippen molar-refractivity contribution in [2.75, 3.05) is 60.5 Å². The van der Waals surface area contributed by atoms with Gasteiger partial charge in [-0.05, 0) is 6.92 Å². The zero-order valence-corrected chi connectivity index (χ0v) is 10.6. The molecule has 0 aliphatic rings. The van der Waals surface area contributed by atoms with E-state index in [1.165, 1.54) is 0 Å². The van der Waals surface area contributed by atoms with Crippen LogP contribution in [0.25, 0.3) is 0 Å². The minimum Gasteiger partial charge on any atom is -0.382 e. The molecule has 0 aromatic rings. The fraction of sp³-hybridized carbons (Fsp3) is 1.00. The summed E-state index contributed by atoms with van der Waals surface area (Å²) in [5.74, 6) is 0. The van der Waals surface area contributed by atoms with E-state index < -0.39 is 0 Å². The highest BCUT2D eigenvalue weighted by Gasteiger charge is 2.09. The number of rotatable bonds is 12. The summed E-state index contributed by atoms with van der Waals surface area (Å²) in [6, 6.07) is 0. The molecule has 0 fully saturated rings. The Morgan fingerprint density at radius 1 is 0.812 bits per heavy atom. The lowest BCUT2D eigenvalue weighted by Gasteiger charge is -2.17. The maximum atomic E-state index is 5.55. The Bertz CT molecular complexity index is 132. The Hall–Kier alpha value is -0.200. The minimum absolute atomic E-state index is 0.0352. The smallest absolute Gasteiger partial charge is 0.104 e. The van der Waals surface area contributed by atoms with Crippen LogP contribution >= 0.6 is 0 Å². The van der Waals surface area contributed by atoms with Gasteiger partial charge >= 0.3 is 0 Å². The number of hydrogen-bond donors (Lipinski definition) is 0. The molecule has 5 heteroatoms. The predicted molar refractivity (Wildman–Crippen MR) is 60.8 cm³/mol. The lowest BCUT2D eigenvalue weighted by Crippen LogP contribution is -2.28. The first-order chi connectivity index (χ1) is 7.85. The van der Waals surface area contributed by atoms with Gasteiger partial charge in [0.25, 0.3) is 0 Å². The van der Waals surface area contributed by atoms with E-state index >= 15 is 0 Å². The molecule has 0 aliphatic heterocycles. The minimum atomic E-state index is -0.0352. The second-order valence-electron chi connectivity index (χ2n) is 3.21. The van der Waals surface area contributed by atoms with Crippen LogP contribution in [0.2, 0.25) is 0 Å². The van der Waals surface area contributed by atoms with E-state index in [0.717, 1.165) is 0 Å². The SMILES string of the molecule is CCOCC(COCCOC)OCCOC. The summed E-state index contributed by atoms with van der Waals surface area (Å²) in [7, 11) is 3.30. The van der Waals surface area contributed by atoms with Crippen molar-refractivity contribution in [3.05, 3.63) is 0 Å². The Balaban J connectivity index is 3.54. The number of hydrogen-bond acceptors (Lipinski definition) is 5. The van der Waals surface area contributed by atoms with Crippen molar-refractivity contribution in [2.45, 2.75) is 13.0 Å². The van der Waals surface area contributed by atoms with Crippen LogP contribution in [0.1, 0.15) is 6.92 Å². The zero-order valence-electron chi connectivity index (χ0n) is 10.6. The van der Waals surface area contributed by atoms with Gasteiger partial charge in [-0.3, -0.25) is 0 Å². The quantitative estimate of drug-likeness (QED) is 0.467. The van der Waals surface area contributed by atoms with E-state index in [9.17, 15) is 0 Å². The molecule has 5 nitrogen and oxygen atoms in total. The van der Waals surface area contributed by atoms with Crippen LogP contribution in [0.3, 0.4) is 0 Å². The van der Waals surface area contributed by atoms with E-state index in [-0.39, 0.29) is 6.10 Å². The Labute approximate surface area is 98.0 Å². The molecule has 0 amide bonds. The average molecular weight is 236 g/mol. The topological polar surface area (TPSA) is 46.2 Å². The van der Waals surface area contributed by atoms with Crippen LogP contribution < -0.4 is 0 Å². The Morgan fingerprint density at radius 3 is 2.06 bits per heavy atom. The van der Waals surface area contributed by atoms with Gasteiger partial charge in [0.1, 0.15) is 6.10 Å². The second kappa shape index (κ2) is 12.9. The summed E-state index contributed by atoms with van der Waals surface area (Å²) in [6.07, 6.45) is -0.0352. The normalized spacial score (nSPS) is 12.9. The fourth-order valence-corrected chi connectivity index (χ4v) is 1.05. The van der Waals surface area contributed by atoms with Gasteiger partial charge in [-0.25, -0.2) is 0 Å². The van der Waals surface area contributed by atoms with Gasteiger partial charge in [-0.15, -0.1) is 0 Å². The maximum Gasteiger partial charge on any atom is 0.104 e. The van der Waals surface area contributed by atoms with Crippen LogP contribution in [-0.4, -0.2) is 66.6 Å². The van der Waals surface area contributed by atoms with Crippen molar-refractivity contribution < 1.29 is 23.7 Å². The van der Waals surface area contributed by atoms with Gasteiger partial charge in [0.15, 0.2) is 0 Å². The van der Waals surface area contributed by atoms with Crippen LogP contribution in [0.4, 0.5) is 0 Å². The van der Waals surface area contributed by atoms with E-state index in [0.29, 0.717) is 46.2 Å². The highest BCUT2D eigenvalue weighted by atomic mass is 16.6. The monoisotopic (exact) mass is 236 g/mol. The molecular formula is C11H24O5. The van der Waals surface area contributed by atoms with Gasteiger partial charge in [-0.2, -0.15) is 0 Å². The Morgan fingerprint density at radius 2 is 1.44 bits per heavy atom. The molecule has 0 heterocycles. The second-order valence-corrected chi connectivity index (χ2v) is 3.21. The summed E-state index contributed by atoms with van der Waals surface area (Å²) in [5, 5.41) is 0. The Kier molecular flexibility index (Phi) is 12.7. The van der Waals surface area contributed by atoms with Crippen molar-refractivity contribution in [3.8, 4) is 0 Å². The molecule has 0 N–H and O–H groups in total. The van der Waals surface area contributed by atoms with E-state index in [1.54, 1.807) is 14.2 Å². The van der Waals surface area contributed by atoms with Crippen molar-refractivity contribution in [3.63, 3.8) is 0 Å². The van der Waals surface area contributed by atoms with Crippen LogP contribution in [0.15, 0.2) is 0 Å². The third-order valence-electron chi connectivity index (χ3n) is 1.88.